The van der Waals surface area contributed by atoms with Crippen molar-refractivity contribution in [1.29, 1.82) is 0 Å². The van der Waals surface area contributed by atoms with Gasteiger partial charge in [-0.2, -0.15) is 5.10 Å². The maximum atomic E-state index is 12.0. The topological polar surface area (TPSA) is 81.2 Å². The zero-order valence-corrected chi connectivity index (χ0v) is 12.3. The molecule has 1 aromatic rings. The number of aromatic nitrogens is 2. The van der Waals surface area contributed by atoms with E-state index in [0.717, 1.165) is 45.2 Å². The van der Waals surface area contributed by atoms with E-state index in [1.165, 1.54) is 6.42 Å². The summed E-state index contributed by atoms with van der Waals surface area (Å²) < 4.78 is 0. The number of hydrogen-bond acceptors (Lipinski definition) is 4. The van der Waals surface area contributed by atoms with E-state index >= 15 is 0 Å². The maximum absolute atomic E-state index is 12.0. The SMILES string of the molecule is O=C(NC1CCN(C2CCCCC2O)CC1)c1ccn[nH]1. The number of amides is 1. The van der Waals surface area contributed by atoms with E-state index in [4.69, 9.17) is 0 Å². The second kappa shape index (κ2) is 6.58. The molecule has 3 rings (SSSR count). The Morgan fingerprint density at radius 3 is 2.71 bits per heavy atom. The second-order valence-electron chi connectivity index (χ2n) is 6.17. The fourth-order valence-corrected chi connectivity index (χ4v) is 3.54. The average molecular weight is 292 g/mol. The van der Waals surface area contributed by atoms with Crippen LogP contribution in [0, 0.1) is 0 Å². The number of nitrogens with one attached hydrogen (secondary N) is 2. The van der Waals surface area contributed by atoms with E-state index in [9.17, 15) is 9.90 Å². The first-order chi connectivity index (χ1) is 10.2. The second-order valence-corrected chi connectivity index (χ2v) is 6.17. The Hall–Kier alpha value is -1.40. The lowest BCUT2D eigenvalue weighted by Crippen LogP contribution is -2.52. The smallest absolute Gasteiger partial charge is 0.269 e. The number of carbonyl (C=O) groups is 1. The standard InChI is InChI=1S/C15H24N4O2/c20-14-4-2-1-3-13(14)19-9-6-11(7-10-19)17-15(21)12-5-8-16-18-12/h5,8,11,13-14,20H,1-4,6-7,9-10H2,(H,16,18)(H,17,21). The van der Waals surface area contributed by atoms with E-state index in [2.05, 4.69) is 20.4 Å². The van der Waals surface area contributed by atoms with Crippen molar-refractivity contribution in [2.75, 3.05) is 13.1 Å². The van der Waals surface area contributed by atoms with E-state index in [-0.39, 0.29) is 18.1 Å². The van der Waals surface area contributed by atoms with Crippen LogP contribution in [0.5, 0.6) is 0 Å². The summed E-state index contributed by atoms with van der Waals surface area (Å²) in [6, 6.07) is 2.23. The molecular formula is C15H24N4O2. The lowest BCUT2D eigenvalue weighted by atomic mass is 9.89. The van der Waals surface area contributed by atoms with Gasteiger partial charge in [-0.05, 0) is 31.7 Å². The Kier molecular flexibility index (Phi) is 4.55. The van der Waals surface area contributed by atoms with Crippen LogP contribution in [0.3, 0.4) is 0 Å². The molecule has 116 valence electrons. The molecule has 6 nitrogen and oxygen atoms in total. The van der Waals surface area contributed by atoms with Crippen molar-refractivity contribution in [3.8, 4) is 0 Å². The number of rotatable bonds is 3. The highest BCUT2D eigenvalue weighted by molar-refractivity contribution is 5.92. The first kappa shape index (κ1) is 14.5. The van der Waals surface area contributed by atoms with Gasteiger partial charge in [0.2, 0.25) is 0 Å². The zero-order valence-electron chi connectivity index (χ0n) is 12.3. The molecule has 2 heterocycles. The lowest BCUT2D eigenvalue weighted by molar-refractivity contribution is 0.00726. The molecule has 1 amide bonds. The van der Waals surface area contributed by atoms with E-state index < -0.39 is 0 Å². The van der Waals surface area contributed by atoms with Crippen LogP contribution in [0.25, 0.3) is 0 Å². The number of aliphatic hydroxyl groups excluding tert-OH is 1. The van der Waals surface area contributed by atoms with Gasteiger partial charge >= 0.3 is 0 Å². The lowest BCUT2D eigenvalue weighted by Gasteiger charge is -2.41. The Morgan fingerprint density at radius 2 is 2.05 bits per heavy atom. The molecule has 0 bridgehead atoms. The third-order valence-corrected chi connectivity index (χ3v) is 4.77. The van der Waals surface area contributed by atoms with Crippen molar-refractivity contribution < 1.29 is 9.90 Å². The molecule has 1 saturated carbocycles. The molecule has 0 spiro atoms. The van der Waals surface area contributed by atoms with Crippen molar-refractivity contribution >= 4 is 5.91 Å². The molecule has 0 radical (unpaired) electrons. The zero-order chi connectivity index (χ0) is 14.7. The van der Waals surface area contributed by atoms with Gasteiger partial charge in [0.05, 0.1) is 6.10 Å². The van der Waals surface area contributed by atoms with Gasteiger partial charge in [0.25, 0.3) is 5.91 Å². The molecule has 1 aromatic heterocycles. The van der Waals surface area contributed by atoms with Gasteiger partial charge < -0.3 is 10.4 Å². The molecule has 1 aliphatic carbocycles. The van der Waals surface area contributed by atoms with Crippen LogP contribution in [0.2, 0.25) is 0 Å². The van der Waals surface area contributed by atoms with Gasteiger partial charge in [0.1, 0.15) is 5.69 Å². The number of H-pyrrole nitrogens is 1. The summed E-state index contributed by atoms with van der Waals surface area (Å²) >= 11 is 0. The largest absolute Gasteiger partial charge is 0.391 e. The predicted molar refractivity (Wildman–Crippen MR) is 78.9 cm³/mol. The Morgan fingerprint density at radius 1 is 1.29 bits per heavy atom. The fourth-order valence-electron chi connectivity index (χ4n) is 3.54. The summed E-state index contributed by atoms with van der Waals surface area (Å²) in [6.07, 6.45) is 7.71. The minimum Gasteiger partial charge on any atom is -0.391 e. The van der Waals surface area contributed by atoms with E-state index in [0.29, 0.717) is 11.7 Å². The number of aromatic amines is 1. The molecule has 6 heteroatoms. The van der Waals surface area contributed by atoms with Gasteiger partial charge in [-0.15, -0.1) is 0 Å². The van der Waals surface area contributed by atoms with Crippen LogP contribution in [0.15, 0.2) is 12.3 Å². The highest BCUT2D eigenvalue weighted by Crippen LogP contribution is 2.25. The Balaban J connectivity index is 1.47. The van der Waals surface area contributed by atoms with Gasteiger partial charge in [-0.25, -0.2) is 0 Å². The summed E-state index contributed by atoms with van der Waals surface area (Å²) in [6.45, 7) is 1.91. The van der Waals surface area contributed by atoms with Crippen LogP contribution < -0.4 is 5.32 Å². The number of likely N-dealkylation sites (tertiary alicyclic amines) is 1. The van der Waals surface area contributed by atoms with Crippen molar-refractivity contribution in [2.24, 2.45) is 0 Å². The highest BCUT2D eigenvalue weighted by Gasteiger charge is 2.31. The minimum absolute atomic E-state index is 0.0800. The summed E-state index contributed by atoms with van der Waals surface area (Å²) in [4.78, 5) is 14.4. The van der Waals surface area contributed by atoms with Crippen LogP contribution in [0.4, 0.5) is 0 Å². The minimum atomic E-state index is -0.171. The molecule has 21 heavy (non-hydrogen) atoms. The van der Waals surface area contributed by atoms with Crippen molar-refractivity contribution in [2.45, 2.75) is 56.7 Å². The summed E-state index contributed by atoms with van der Waals surface area (Å²) in [5, 5.41) is 19.7. The molecule has 2 fully saturated rings. The summed E-state index contributed by atoms with van der Waals surface area (Å²) in [5.41, 5.74) is 0.514. The van der Waals surface area contributed by atoms with E-state index in [1.807, 2.05) is 0 Å². The number of piperidine rings is 1. The fraction of sp³-hybridized carbons (Fsp3) is 0.733. The number of carbonyl (C=O) groups excluding carboxylic acids is 1. The molecule has 2 unspecified atom stereocenters. The summed E-state index contributed by atoms with van der Waals surface area (Å²) in [5.74, 6) is -0.0800. The number of nitrogens with zero attached hydrogens (tertiary/aromatic N) is 2. The predicted octanol–water partition coefficient (Wildman–Crippen LogP) is 0.907. The number of aliphatic hydroxyl groups is 1. The van der Waals surface area contributed by atoms with Crippen molar-refractivity contribution in [3.63, 3.8) is 0 Å². The van der Waals surface area contributed by atoms with Crippen LogP contribution >= 0.6 is 0 Å². The molecule has 2 atom stereocenters. The first-order valence-corrected chi connectivity index (χ1v) is 7.96. The monoisotopic (exact) mass is 292 g/mol. The molecule has 3 N–H and O–H groups in total. The summed E-state index contributed by atoms with van der Waals surface area (Å²) in [7, 11) is 0. The van der Waals surface area contributed by atoms with Crippen LogP contribution in [-0.2, 0) is 0 Å². The maximum Gasteiger partial charge on any atom is 0.269 e. The molecule has 1 aliphatic heterocycles. The van der Waals surface area contributed by atoms with Gasteiger partial charge in [-0.1, -0.05) is 12.8 Å². The van der Waals surface area contributed by atoms with Gasteiger partial charge in [-0.3, -0.25) is 14.8 Å². The van der Waals surface area contributed by atoms with Crippen molar-refractivity contribution in [3.05, 3.63) is 18.0 Å². The van der Waals surface area contributed by atoms with Crippen molar-refractivity contribution in [1.82, 2.24) is 20.4 Å². The average Bonchev–Trinajstić information content (AvgIpc) is 3.03. The highest BCUT2D eigenvalue weighted by atomic mass is 16.3. The molecule has 0 aromatic carbocycles. The van der Waals surface area contributed by atoms with Crippen LogP contribution in [0.1, 0.15) is 49.0 Å². The third kappa shape index (κ3) is 3.44. The van der Waals surface area contributed by atoms with Gasteiger partial charge in [0, 0.05) is 31.4 Å². The Bertz CT molecular complexity index is 454. The molecule has 2 aliphatic rings. The number of hydrogen-bond donors (Lipinski definition) is 3. The van der Waals surface area contributed by atoms with E-state index in [1.54, 1.807) is 12.3 Å². The molecule has 1 saturated heterocycles. The quantitative estimate of drug-likeness (QED) is 0.773. The normalized spacial score (nSPS) is 28.4. The third-order valence-electron chi connectivity index (χ3n) is 4.77. The van der Waals surface area contributed by atoms with Crippen LogP contribution in [-0.4, -0.2) is 57.4 Å². The first-order valence-electron chi connectivity index (χ1n) is 7.96. The van der Waals surface area contributed by atoms with Gasteiger partial charge in [0.15, 0.2) is 0 Å². The Labute approximate surface area is 124 Å². The molecular weight excluding hydrogens is 268 g/mol.